The van der Waals surface area contributed by atoms with E-state index in [0.29, 0.717) is 5.92 Å². The summed E-state index contributed by atoms with van der Waals surface area (Å²) in [5.74, 6) is 0.602. The van der Waals surface area contributed by atoms with Crippen molar-refractivity contribution in [2.24, 2.45) is 0 Å². The third kappa shape index (κ3) is 1.66. The molecule has 0 aliphatic carbocycles. The summed E-state index contributed by atoms with van der Waals surface area (Å²) in [5.41, 5.74) is 1.52. The van der Waals surface area contributed by atoms with Crippen LogP contribution in [0.3, 0.4) is 0 Å². The van der Waals surface area contributed by atoms with E-state index in [1.807, 2.05) is 11.3 Å². The van der Waals surface area contributed by atoms with E-state index in [4.69, 9.17) is 0 Å². The molecule has 0 fully saturated rings. The molecule has 1 heterocycles. The van der Waals surface area contributed by atoms with Crippen molar-refractivity contribution in [1.29, 1.82) is 0 Å². The van der Waals surface area contributed by atoms with Gasteiger partial charge in [0.05, 0.1) is 0 Å². The van der Waals surface area contributed by atoms with Gasteiger partial charge in [-0.3, -0.25) is 0 Å². The highest BCUT2D eigenvalue weighted by Crippen LogP contribution is 2.37. The molecule has 3 aromatic rings. The molecule has 3 rings (SSSR count). The Kier molecular flexibility index (Phi) is 2.44. The maximum atomic E-state index is 2.35. The molecule has 0 unspecified atom stereocenters. The van der Waals surface area contributed by atoms with E-state index in [-0.39, 0.29) is 0 Å². The minimum Gasteiger partial charge on any atom is -0.140 e. The molecule has 2 aromatic carbocycles. The Balaban J connectivity index is 2.44. The van der Waals surface area contributed by atoms with Crippen molar-refractivity contribution >= 4 is 32.2 Å². The summed E-state index contributed by atoms with van der Waals surface area (Å²) >= 11 is 1.92. The highest BCUT2D eigenvalue weighted by molar-refractivity contribution is 7.19. The fourth-order valence-electron chi connectivity index (χ4n) is 2.64. The molecule has 1 aromatic heterocycles. The van der Waals surface area contributed by atoms with Crippen molar-refractivity contribution in [3.63, 3.8) is 0 Å². The average Bonchev–Trinajstić information content (AvgIpc) is 2.60. The zero-order valence-corrected chi connectivity index (χ0v) is 11.3. The molecule has 0 aliphatic heterocycles. The highest BCUT2D eigenvalue weighted by Gasteiger charge is 2.12. The van der Waals surface area contributed by atoms with Crippen molar-refractivity contribution in [3.05, 3.63) is 46.8 Å². The predicted octanol–water partition coefficient (Wildman–Crippen LogP) is 5.49. The molecule has 0 N–H and O–H groups in total. The molecule has 0 aliphatic rings. The standard InChI is InChI=1S/C16H16S/c1-10(2)16-11(3)17-15-9-13-7-5-4-6-12(13)8-14(15)16/h4-10H,1-3H3. The number of thiophene rings is 1. The normalized spacial score (nSPS) is 11.8. The SMILES string of the molecule is Cc1sc2cc3ccccc3cc2c1C(C)C. The monoisotopic (exact) mass is 240 g/mol. The van der Waals surface area contributed by atoms with Gasteiger partial charge in [0, 0.05) is 9.58 Å². The second-order valence-electron chi connectivity index (χ2n) is 4.92. The van der Waals surface area contributed by atoms with Crippen LogP contribution in [0.4, 0.5) is 0 Å². The van der Waals surface area contributed by atoms with Gasteiger partial charge in [0.25, 0.3) is 0 Å². The van der Waals surface area contributed by atoms with Gasteiger partial charge in [0.1, 0.15) is 0 Å². The van der Waals surface area contributed by atoms with Crippen LogP contribution >= 0.6 is 11.3 Å². The number of benzene rings is 2. The smallest absolute Gasteiger partial charge is 0.0354 e. The van der Waals surface area contributed by atoms with Gasteiger partial charge in [0.2, 0.25) is 0 Å². The summed E-state index contributed by atoms with van der Waals surface area (Å²) in [6.07, 6.45) is 0. The third-order valence-electron chi connectivity index (χ3n) is 3.36. The minimum atomic E-state index is 0.602. The Hall–Kier alpha value is -1.34. The lowest BCUT2D eigenvalue weighted by atomic mass is 9.98. The van der Waals surface area contributed by atoms with Crippen LogP contribution in [0, 0.1) is 6.92 Å². The Morgan fingerprint density at radius 1 is 1.00 bits per heavy atom. The zero-order chi connectivity index (χ0) is 12.0. The van der Waals surface area contributed by atoms with E-state index in [9.17, 15) is 0 Å². The molecule has 86 valence electrons. The maximum Gasteiger partial charge on any atom is 0.0354 e. The first-order chi connectivity index (χ1) is 8.16. The van der Waals surface area contributed by atoms with Crippen LogP contribution in [0.25, 0.3) is 20.9 Å². The quantitative estimate of drug-likeness (QED) is 0.528. The van der Waals surface area contributed by atoms with Crippen molar-refractivity contribution in [2.75, 3.05) is 0 Å². The number of fused-ring (bicyclic) bond motifs is 2. The molecule has 0 atom stereocenters. The molecule has 0 saturated heterocycles. The van der Waals surface area contributed by atoms with Crippen LogP contribution in [0.1, 0.15) is 30.2 Å². The van der Waals surface area contributed by atoms with Crippen LogP contribution in [0.2, 0.25) is 0 Å². The molecular formula is C16H16S. The molecule has 0 bridgehead atoms. The summed E-state index contributed by atoms with van der Waals surface area (Å²) in [7, 11) is 0. The summed E-state index contributed by atoms with van der Waals surface area (Å²) in [4.78, 5) is 1.46. The van der Waals surface area contributed by atoms with Crippen LogP contribution in [-0.2, 0) is 0 Å². The van der Waals surface area contributed by atoms with E-state index in [1.54, 1.807) is 0 Å². The van der Waals surface area contributed by atoms with E-state index >= 15 is 0 Å². The van der Waals surface area contributed by atoms with Gasteiger partial charge in [0.15, 0.2) is 0 Å². The first-order valence-corrected chi connectivity index (χ1v) is 6.90. The molecule has 0 nitrogen and oxygen atoms in total. The van der Waals surface area contributed by atoms with Crippen LogP contribution in [0.15, 0.2) is 36.4 Å². The van der Waals surface area contributed by atoms with Crippen LogP contribution in [-0.4, -0.2) is 0 Å². The summed E-state index contributed by atoms with van der Waals surface area (Å²) in [5, 5.41) is 4.14. The van der Waals surface area contributed by atoms with Gasteiger partial charge in [-0.25, -0.2) is 0 Å². The Morgan fingerprint density at radius 2 is 1.65 bits per heavy atom. The van der Waals surface area contributed by atoms with Gasteiger partial charge in [-0.05, 0) is 46.7 Å². The minimum absolute atomic E-state index is 0.602. The lowest BCUT2D eigenvalue weighted by Gasteiger charge is -2.06. The van der Waals surface area contributed by atoms with E-state index < -0.39 is 0 Å². The number of rotatable bonds is 1. The topological polar surface area (TPSA) is 0 Å². The van der Waals surface area contributed by atoms with Crippen LogP contribution in [0.5, 0.6) is 0 Å². The second-order valence-corrected chi connectivity index (χ2v) is 6.18. The number of hydrogen-bond donors (Lipinski definition) is 0. The summed E-state index contributed by atoms with van der Waals surface area (Å²) < 4.78 is 1.42. The number of hydrogen-bond acceptors (Lipinski definition) is 1. The Morgan fingerprint density at radius 3 is 2.29 bits per heavy atom. The second kappa shape index (κ2) is 3.85. The Bertz CT molecular complexity index is 689. The van der Waals surface area contributed by atoms with Crippen molar-refractivity contribution in [3.8, 4) is 0 Å². The first-order valence-electron chi connectivity index (χ1n) is 6.08. The number of aryl methyl sites for hydroxylation is 1. The van der Waals surface area contributed by atoms with E-state index in [2.05, 4.69) is 57.2 Å². The first kappa shape index (κ1) is 10.8. The zero-order valence-electron chi connectivity index (χ0n) is 10.4. The molecule has 0 spiro atoms. The van der Waals surface area contributed by atoms with E-state index in [1.165, 1.54) is 31.3 Å². The lowest BCUT2D eigenvalue weighted by molar-refractivity contribution is 0.873. The molecule has 0 radical (unpaired) electrons. The largest absolute Gasteiger partial charge is 0.140 e. The van der Waals surface area contributed by atoms with Crippen LogP contribution < -0.4 is 0 Å². The third-order valence-corrected chi connectivity index (χ3v) is 4.44. The summed E-state index contributed by atoms with van der Waals surface area (Å²) in [6, 6.07) is 13.3. The molecule has 0 amide bonds. The van der Waals surface area contributed by atoms with Gasteiger partial charge in [-0.15, -0.1) is 11.3 Å². The highest BCUT2D eigenvalue weighted by atomic mass is 32.1. The van der Waals surface area contributed by atoms with E-state index in [0.717, 1.165) is 0 Å². The van der Waals surface area contributed by atoms with Gasteiger partial charge in [-0.1, -0.05) is 38.1 Å². The molecule has 1 heteroatoms. The lowest BCUT2D eigenvalue weighted by Crippen LogP contribution is -1.87. The molecule has 0 saturated carbocycles. The van der Waals surface area contributed by atoms with Crippen molar-refractivity contribution < 1.29 is 0 Å². The van der Waals surface area contributed by atoms with Gasteiger partial charge >= 0.3 is 0 Å². The van der Waals surface area contributed by atoms with Gasteiger partial charge < -0.3 is 0 Å². The molecular weight excluding hydrogens is 224 g/mol. The average molecular weight is 240 g/mol. The molecule has 17 heavy (non-hydrogen) atoms. The fourth-order valence-corrected chi connectivity index (χ4v) is 3.89. The maximum absolute atomic E-state index is 2.35. The Labute approximate surface area is 106 Å². The van der Waals surface area contributed by atoms with Gasteiger partial charge in [-0.2, -0.15) is 0 Å². The summed E-state index contributed by atoms with van der Waals surface area (Å²) in [6.45, 7) is 6.80. The fraction of sp³-hybridized carbons (Fsp3) is 0.250. The predicted molar refractivity (Wildman–Crippen MR) is 78.2 cm³/mol. The van der Waals surface area contributed by atoms with Crippen molar-refractivity contribution in [2.45, 2.75) is 26.7 Å². The van der Waals surface area contributed by atoms with Crippen molar-refractivity contribution in [1.82, 2.24) is 0 Å².